The van der Waals surface area contributed by atoms with Crippen molar-refractivity contribution in [3.05, 3.63) is 29.0 Å². The van der Waals surface area contributed by atoms with Crippen LogP contribution in [0.25, 0.3) is 11.0 Å². The van der Waals surface area contributed by atoms with E-state index in [4.69, 9.17) is 4.74 Å². The normalized spacial score (nSPS) is 11.1. The van der Waals surface area contributed by atoms with E-state index in [0.717, 1.165) is 27.8 Å². The van der Waals surface area contributed by atoms with E-state index in [1.807, 2.05) is 26.2 Å². The molecule has 90 valence electrons. The summed E-state index contributed by atoms with van der Waals surface area (Å²) in [6.07, 6.45) is 3.49. The highest BCUT2D eigenvalue weighted by Crippen LogP contribution is 2.23. The second-order valence-electron chi connectivity index (χ2n) is 3.98. The van der Waals surface area contributed by atoms with E-state index in [0.29, 0.717) is 6.61 Å². The molecule has 2 aromatic heterocycles. The van der Waals surface area contributed by atoms with Gasteiger partial charge in [0.25, 0.3) is 0 Å². The zero-order valence-corrected chi connectivity index (χ0v) is 11.4. The molecular weight excluding hydrogens is 282 g/mol. The maximum atomic E-state index is 5.71. The Bertz CT molecular complexity index is 516. The number of nitrogens with zero attached hydrogens (tertiary/aromatic N) is 3. The van der Waals surface area contributed by atoms with Gasteiger partial charge in [-0.05, 0) is 36.1 Å². The maximum Gasteiger partial charge on any atom is 0.148 e. The fourth-order valence-corrected chi connectivity index (χ4v) is 1.75. The van der Waals surface area contributed by atoms with E-state index in [-0.39, 0.29) is 0 Å². The van der Waals surface area contributed by atoms with Crippen molar-refractivity contribution < 1.29 is 4.74 Å². The molecule has 17 heavy (non-hydrogen) atoms. The third kappa shape index (κ3) is 3.14. The molecule has 0 aliphatic heterocycles. The molecule has 0 amide bonds. The standard InChI is InChI=1S/C12H14BrN3O/c1-16(2)5-6-17-11-3-4-14-10-7-9(13)8-15-12(10)11/h3-4,7-8H,5-6H2,1-2H3. The minimum absolute atomic E-state index is 0.643. The molecule has 0 aliphatic carbocycles. The van der Waals surface area contributed by atoms with E-state index < -0.39 is 0 Å². The van der Waals surface area contributed by atoms with Crippen LogP contribution in [0.4, 0.5) is 0 Å². The molecule has 2 aromatic rings. The van der Waals surface area contributed by atoms with Gasteiger partial charge in [-0.15, -0.1) is 0 Å². The predicted octanol–water partition coefficient (Wildman–Crippen LogP) is 2.33. The zero-order chi connectivity index (χ0) is 12.3. The van der Waals surface area contributed by atoms with Crippen LogP contribution in [-0.4, -0.2) is 42.1 Å². The number of fused-ring (bicyclic) bond motifs is 1. The third-order valence-corrected chi connectivity index (χ3v) is 2.74. The molecule has 2 heterocycles. The minimum atomic E-state index is 0.643. The Hall–Kier alpha value is -1.20. The molecule has 5 heteroatoms. The van der Waals surface area contributed by atoms with Gasteiger partial charge in [0.05, 0.1) is 5.52 Å². The summed E-state index contributed by atoms with van der Waals surface area (Å²) in [5, 5.41) is 0. The van der Waals surface area contributed by atoms with E-state index in [2.05, 4.69) is 30.8 Å². The Balaban J connectivity index is 2.22. The molecule has 0 bridgehead atoms. The third-order valence-electron chi connectivity index (χ3n) is 2.30. The molecule has 0 atom stereocenters. The van der Waals surface area contributed by atoms with E-state index >= 15 is 0 Å². The lowest BCUT2D eigenvalue weighted by atomic mass is 10.3. The minimum Gasteiger partial charge on any atom is -0.490 e. The predicted molar refractivity (Wildman–Crippen MR) is 71.3 cm³/mol. The Kier molecular flexibility index (Phi) is 3.91. The molecule has 0 unspecified atom stereocenters. The number of hydrogen-bond donors (Lipinski definition) is 0. The first-order valence-corrected chi connectivity index (χ1v) is 6.14. The number of aromatic nitrogens is 2. The van der Waals surface area contributed by atoms with Gasteiger partial charge >= 0.3 is 0 Å². The molecule has 0 saturated carbocycles. The Morgan fingerprint density at radius 3 is 2.94 bits per heavy atom. The van der Waals surface area contributed by atoms with Crippen molar-refractivity contribution in [3.63, 3.8) is 0 Å². The lowest BCUT2D eigenvalue weighted by Gasteiger charge is -2.11. The molecule has 0 fully saturated rings. The summed E-state index contributed by atoms with van der Waals surface area (Å²) >= 11 is 3.38. The van der Waals surface area contributed by atoms with Gasteiger partial charge in [0.1, 0.15) is 17.9 Å². The molecular formula is C12H14BrN3O. The topological polar surface area (TPSA) is 38.2 Å². The quantitative estimate of drug-likeness (QED) is 0.868. The summed E-state index contributed by atoms with van der Waals surface area (Å²) in [5.74, 6) is 0.782. The van der Waals surface area contributed by atoms with Gasteiger partial charge in [0, 0.05) is 29.5 Å². The van der Waals surface area contributed by atoms with Crippen molar-refractivity contribution in [3.8, 4) is 5.75 Å². The van der Waals surface area contributed by atoms with Crippen LogP contribution in [0.15, 0.2) is 29.0 Å². The average molecular weight is 296 g/mol. The lowest BCUT2D eigenvalue weighted by molar-refractivity contribution is 0.263. The number of ether oxygens (including phenoxy) is 1. The van der Waals surface area contributed by atoms with Crippen LogP contribution in [0, 0.1) is 0 Å². The van der Waals surface area contributed by atoms with Gasteiger partial charge in [-0.2, -0.15) is 0 Å². The maximum absolute atomic E-state index is 5.71. The summed E-state index contributed by atoms with van der Waals surface area (Å²) in [4.78, 5) is 10.7. The first-order chi connectivity index (χ1) is 8.16. The van der Waals surface area contributed by atoms with E-state index in [9.17, 15) is 0 Å². The second-order valence-corrected chi connectivity index (χ2v) is 4.90. The number of likely N-dealkylation sites (N-methyl/N-ethyl adjacent to an activating group) is 1. The van der Waals surface area contributed by atoms with Crippen molar-refractivity contribution in [2.75, 3.05) is 27.2 Å². The molecule has 2 rings (SSSR count). The van der Waals surface area contributed by atoms with Gasteiger partial charge in [0.15, 0.2) is 0 Å². The van der Waals surface area contributed by atoms with Crippen LogP contribution in [0.3, 0.4) is 0 Å². The SMILES string of the molecule is CN(C)CCOc1ccnc2cc(Br)cnc12. The summed E-state index contributed by atoms with van der Waals surface area (Å²) in [6, 6.07) is 3.78. The zero-order valence-electron chi connectivity index (χ0n) is 9.85. The van der Waals surface area contributed by atoms with Gasteiger partial charge in [-0.3, -0.25) is 4.98 Å². The molecule has 0 N–H and O–H groups in total. The molecule has 0 aliphatic rings. The van der Waals surface area contributed by atoms with Gasteiger partial charge in [0.2, 0.25) is 0 Å². The highest BCUT2D eigenvalue weighted by Gasteiger charge is 2.05. The van der Waals surface area contributed by atoms with Crippen LogP contribution in [0.5, 0.6) is 5.75 Å². The van der Waals surface area contributed by atoms with Crippen molar-refractivity contribution in [2.45, 2.75) is 0 Å². The van der Waals surface area contributed by atoms with E-state index in [1.165, 1.54) is 0 Å². The number of pyridine rings is 2. The highest BCUT2D eigenvalue weighted by atomic mass is 79.9. The van der Waals surface area contributed by atoms with Crippen molar-refractivity contribution in [2.24, 2.45) is 0 Å². The molecule has 0 radical (unpaired) electrons. The van der Waals surface area contributed by atoms with E-state index in [1.54, 1.807) is 12.4 Å². The van der Waals surface area contributed by atoms with Gasteiger partial charge in [-0.1, -0.05) is 0 Å². The smallest absolute Gasteiger partial charge is 0.148 e. The summed E-state index contributed by atoms with van der Waals surface area (Å²) in [6.45, 7) is 1.52. The second kappa shape index (κ2) is 5.42. The van der Waals surface area contributed by atoms with Crippen molar-refractivity contribution in [1.29, 1.82) is 0 Å². The van der Waals surface area contributed by atoms with Crippen LogP contribution < -0.4 is 4.74 Å². The Morgan fingerprint density at radius 2 is 2.18 bits per heavy atom. The van der Waals surface area contributed by atoms with Crippen LogP contribution in [-0.2, 0) is 0 Å². The number of hydrogen-bond acceptors (Lipinski definition) is 4. The fourth-order valence-electron chi connectivity index (χ4n) is 1.44. The van der Waals surface area contributed by atoms with Gasteiger partial charge in [-0.25, -0.2) is 4.98 Å². The molecule has 0 aromatic carbocycles. The average Bonchev–Trinajstić information content (AvgIpc) is 2.28. The molecule has 0 saturated heterocycles. The monoisotopic (exact) mass is 295 g/mol. The Labute approximate surface area is 109 Å². The van der Waals surface area contributed by atoms with Crippen molar-refractivity contribution >= 4 is 27.0 Å². The van der Waals surface area contributed by atoms with Crippen LogP contribution >= 0.6 is 15.9 Å². The largest absolute Gasteiger partial charge is 0.490 e. The summed E-state index contributed by atoms with van der Waals surface area (Å²) in [7, 11) is 4.03. The fraction of sp³-hybridized carbons (Fsp3) is 0.333. The van der Waals surface area contributed by atoms with Crippen molar-refractivity contribution in [1.82, 2.24) is 14.9 Å². The van der Waals surface area contributed by atoms with Crippen LogP contribution in [0.1, 0.15) is 0 Å². The summed E-state index contributed by atoms with van der Waals surface area (Å²) < 4.78 is 6.63. The van der Waals surface area contributed by atoms with Crippen LogP contribution in [0.2, 0.25) is 0 Å². The Morgan fingerprint density at radius 1 is 1.35 bits per heavy atom. The number of halogens is 1. The number of rotatable bonds is 4. The first-order valence-electron chi connectivity index (χ1n) is 5.34. The lowest BCUT2D eigenvalue weighted by Crippen LogP contribution is -2.19. The highest BCUT2D eigenvalue weighted by molar-refractivity contribution is 9.10. The summed E-state index contributed by atoms with van der Waals surface area (Å²) in [5.41, 5.74) is 1.64. The molecule has 0 spiro atoms. The first kappa shape index (κ1) is 12.3. The molecule has 4 nitrogen and oxygen atoms in total. The van der Waals surface area contributed by atoms with Gasteiger partial charge < -0.3 is 9.64 Å².